The van der Waals surface area contributed by atoms with Gasteiger partial charge < -0.3 is 15.1 Å². The molecular formula is C21H23N5. The Bertz CT molecular complexity index is 814. The summed E-state index contributed by atoms with van der Waals surface area (Å²) < 4.78 is 0. The molecule has 4 rings (SSSR count). The molecule has 1 saturated heterocycles. The molecule has 2 heterocycles. The molecule has 0 radical (unpaired) electrons. The second-order valence-corrected chi connectivity index (χ2v) is 6.41. The van der Waals surface area contributed by atoms with Gasteiger partial charge in [-0.1, -0.05) is 48.5 Å². The average molecular weight is 345 g/mol. The van der Waals surface area contributed by atoms with Crippen LogP contribution in [0.5, 0.6) is 0 Å². The summed E-state index contributed by atoms with van der Waals surface area (Å²) in [5.41, 5.74) is 2.53. The molecule has 1 N–H and O–H groups in total. The van der Waals surface area contributed by atoms with Gasteiger partial charge in [-0.3, -0.25) is 0 Å². The summed E-state index contributed by atoms with van der Waals surface area (Å²) >= 11 is 0. The van der Waals surface area contributed by atoms with Gasteiger partial charge in [0.25, 0.3) is 0 Å². The van der Waals surface area contributed by atoms with Crippen LogP contribution in [0.15, 0.2) is 73.1 Å². The molecule has 0 unspecified atom stereocenters. The number of benzene rings is 2. The van der Waals surface area contributed by atoms with Gasteiger partial charge in [0.05, 0.1) is 0 Å². The Kier molecular flexibility index (Phi) is 4.96. The summed E-state index contributed by atoms with van der Waals surface area (Å²) in [6, 6.07) is 23.0. The van der Waals surface area contributed by atoms with Gasteiger partial charge in [0.15, 0.2) is 0 Å². The molecule has 1 aliphatic rings. The minimum absolute atomic E-state index is 0.763. The van der Waals surface area contributed by atoms with E-state index in [0.29, 0.717) is 0 Å². The van der Waals surface area contributed by atoms with Gasteiger partial charge in [0.2, 0.25) is 0 Å². The molecule has 0 spiro atoms. The maximum Gasteiger partial charge on any atom is 0.134 e. The van der Waals surface area contributed by atoms with E-state index >= 15 is 0 Å². The van der Waals surface area contributed by atoms with Crippen LogP contribution < -0.4 is 15.1 Å². The maximum absolute atomic E-state index is 4.47. The number of rotatable bonds is 5. The molecule has 1 aliphatic heterocycles. The Morgan fingerprint density at radius 1 is 0.769 bits per heavy atom. The largest absolute Gasteiger partial charge is 0.368 e. The summed E-state index contributed by atoms with van der Waals surface area (Å²) in [5, 5.41) is 3.39. The highest BCUT2D eigenvalue weighted by Crippen LogP contribution is 2.20. The molecule has 1 fully saturated rings. The minimum atomic E-state index is 0.763. The Morgan fingerprint density at radius 2 is 1.42 bits per heavy atom. The normalized spacial score (nSPS) is 14.3. The predicted octanol–water partition coefficient (Wildman–Crippen LogP) is 3.42. The quantitative estimate of drug-likeness (QED) is 0.768. The molecular weight excluding hydrogens is 322 g/mol. The standard InChI is InChI=1S/C21H23N5/c1-3-7-18(8-4-1)16-22-20-15-21(24-17-23-20)26-13-11-25(12-14-26)19-9-5-2-6-10-19/h1-10,15,17H,11-14,16H2,(H,22,23,24). The van der Waals surface area contributed by atoms with Gasteiger partial charge in [0, 0.05) is 44.5 Å². The van der Waals surface area contributed by atoms with E-state index in [2.05, 4.69) is 79.7 Å². The molecule has 5 heteroatoms. The maximum atomic E-state index is 4.47. The van der Waals surface area contributed by atoms with Crippen molar-refractivity contribution >= 4 is 17.3 Å². The van der Waals surface area contributed by atoms with Crippen molar-refractivity contribution in [3.63, 3.8) is 0 Å². The van der Waals surface area contributed by atoms with Crippen LogP contribution >= 0.6 is 0 Å². The number of nitrogens with one attached hydrogen (secondary N) is 1. The summed E-state index contributed by atoms with van der Waals surface area (Å²) in [6.07, 6.45) is 1.65. The lowest BCUT2D eigenvalue weighted by molar-refractivity contribution is 0.647. The van der Waals surface area contributed by atoms with Gasteiger partial charge >= 0.3 is 0 Å². The smallest absolute Gasteiger partial charge is 0.134 e. The predicted molar refractivity (Wildman–Crippen MR) is 107 cm³/mol. The van der Waals surface area contributed by atoms with Gasteiger partial charge in [-0.05, 0) is 17.7 Å². The molecule has 5 nitrogen and oxygen atoms in total. The van der Waals surface area contributed by atoms with Crippen molar-refractivity contribution in [2.24, 2.45) is 0 Å². The number of para-hydroxylation sites is 1. The topological polar surface area (TPSA) is 44.3 Å². The zero-order chi connectivity index (χ0) is 17.6. The molecule has 0 bridgehead atoms. The van der Waals surface area contributed by atoms with Crippen LogP contribution in [-0.2, 0) is 6.54 Å². The molecule has 2 aromatic carbocycles. The molecule has 3 aromatic rings. The Hall–Kier alpha value is -3.08. The van der Waals surface area contributed by atoms with Crippen LogP contribution in [-0.4, -0.2) is 36.1 Å². The Balaban J connectivity index is 1.36. The van der Waals surface area contributed by atoms with E-state index in [1.54, 1.807) is 6.33 Å². The number of aromatic nitrogens is 2. The molecule has 0 saturated carbocycles. The highest BCUT2D eigenvalue weighted by atomic mass is 15.3. The first-order valence-electron chi connectivity index (χ1n) is 9.03. The van der Waals surface area contributed by atoms with E-state index in [0.717, 1.165) is 44.4 Å². The van der Waals surface area contributed by atoms with Gasteiger partial charge in [-0.2, -0.15) is 0 Å². The van der Waals surface area contributed by atoms with Crippen molar-refractivity contribution in [3.05, 3.63) is 78.6 Å². The lowest BCUT2D eigenvalue weighted by atomic mass is 10.2. The van der Waals surface area contributed by atoms with Crippen LogP contribution in [0.3, 0.4) is 0 Å². The fourth-order valence-corrected chi connectivity index (χ4v) is 3.24. The molecule has 0 amide bonds. The van der Waals surface area contributed by atoms with Crippen molar-refractivity contribution < 1.29 is 0 Å². The summed E-state index contributed by atoms with van der Waals surface area (Å²) in [6.45, 7) is 4.69. The molecule has 1 aromatic heterocycles. The van der Waals surface area contributed by atoms with Crippen molar-refractivity contribution in [2.75, 3.05) is 41.3 Å². The van der Waals surface area contributed by atoms with Crippen LogP contribution in [0.2, 0.25) is 0 Å². The lowest BCUT2D eigenvalue weighted by Gasteiger charge is -2.36. The molecule has 132 valence electrons. The zero-order valence-corrected chi connectivity index (χ0v) is 14.8. The second-order valence-electron chi connectivity index (χ2n) is 6.41. The number of piperazine rings is 1. The Labute approximate surface area is 154 Å². The summed E-state index contributed by atoms with van der Waals surface area (Å²) in [4.78, 5) is 13.6. The van der Waals surface area contributed by atoms with Crippen molar-refractivity contribution in [2.45, 2.75) is 6.54 Å². The lowest BCUT2D eigenvalue weighted by Crippen LogP contribution is -2.46. The van der Waals surface area contributed by atoms with E-state index in [1.165, 1.54) is 11.3 Å². The number of hydrogen-bond acceptors (Lipinski definition) is 5. The SMILES string of the molecule is c1ccc(CNc2cc(N3CCN(c4ccccc4)CC3)ncn2)cc1. The first-order valence-corrected chi connectivity index (χ1v) is 9.03. The highest BCUT2D eigenvalue weighted by Gasteiger charge is 2.18. The third-order valence-electron chi connectivity index (χ3n) is 4.69. The van der Waals surface area contributed by atoms with Gasteiger partial charge in [0.1, 0.15) is 18.0 Å². The van der Waals surface area contributed by atoms with Crippen LogP contribution in [0.4, 0.5) is 17.3 Å². The van der Waals surface area contributed by atoms with E-state index in [1.807, 2.05) is 12.1 Å². The van der Waals surface area contributed by atoms with Crippen molar-refractivity contribution in [3.8, 4) is 0 Å². The zero-order valence-electron chi connectivity index (χ0n) is 14.8. The monoisotopic (exact) mass is 345 g/mol. The van der Waals surface area contributed by atoms with Gasteiger partial charge in [-0.25, -0.2) is 9.97 Å². The van der Waals surface area contributed by atoms with Crippen LogP contribution in [0.1, 0.15) is 5.56 Å². The fourth-order valence-electron chi connectivity index (χ4n) is 3.24. The minimum Gasteiger partial charge on any atom is -0.368 e. The third kappa shape index (κ3) is 3.94. The number of nitrogens with zero attached hydrogens (tertiary/aromatic N) is 4. The Morgan fingerprint density at radius 3 is 2.15 bits per heavy atom. The van der Waals surface area contributed by atoms with E-state index in [9.17, 15) is 0 Å². The van der Waals surface area contributed by atoms with Crippen LogP contribution in [0.25, 0.3) is 0 Å². The first-order chi connectivity index (χ1) is 12.9. The first kappa shape index (κ1) is 16.4. The van der Waals surface area contributed by atoms with Crippen LogP contribution in [0, 0.1) is 0 Å². The van der Waals surface area contributed by atoms with Gasteiger partial charge in [-0.15, -0.1) is 0 Å². The van der Waals surface area contributed by atoms with E-state index in [-0.39, 0.29) is 0 Å². The summed E-state index contributed by atoms with van der Waals surface area (Å²) in [5.74, 6) is 1.85. The average Bonchev–Trinajstić information content (AvgIpc) is 2.74. The fraction of sp³-hybridized carbons (Fsp3) is 0.238. The van der Waals surface area contributed by atoms with Crippen molar-refractivity contribution in [1.29, 1.82) is 0 Å². The molecule has 26 heavy (non-hydrogen) atoms. The highest BCUT2D eigenvalue weighted by molar-refractivity contribution is 5.52. The molecule has 0 atom stereocenters. The third-order valence-corrected chi connectivity index (χ3v) is 4.69. The van der Waals surface area contributed by atoms with Crippen molar-refractivity contribution in [1.82, 2.24) is 9.97 Å². The van der Waals surface area contributed by atoms with E-state index < -0.39 is 0 Å². The second kappa shape index (κ2) is 7.87. The number of hydrogen-bond donors (Lipinski definition) is 1. The summed E-state index contributed by atoms with van der Waals surface area (Å²) in [7, 11) is 0. The molecule has 0 aliphatic carbocycles. The van der Waals surface area contributed by atoms with E-state index in [4.69, 9.17) is 0 Å². The number of anilines is 3.